The Bertz CT molecular complexity index is 437. The molecule has 0 radical (unpaired) electrons. The number of carbonyl (C=O) groups is 1. The summed E-state index contributed by atoms with van der Waals surface area (Å²) in [6.07, 6.45) is 0. The normalized spacial score (nSPS) is 9.40. The summed E-state index contributed by atoms with van der Waals surface area (Å²) in [5.74, 6) is -0.900. The molecule has 1 rings (SSSR count). The first-order valence-electron chi connectivity index (χ1n) is 4.19. The second-order valence-electron chi connectivity index (χ2n) is 2.69. The molecule has 0 aliphatic heterocycles. The molecule has 0 aromatic heterocycles. The molecule has 0 aliphatic rings. The van der Waals surface area contributed by atoms with E-state index in [0.29, 0.717) is 0 Å². The van der Waals surface area contributed by atoms with Crippen LogP contribution >= 0.6 is 11.6 Å². The Kier molecular flexibility index (Phi) is 3.53. The van der Waals surface area contributed by atoms with Crippen LogP contribution in [0.3, 0.4) is 0 Å². The van der Waals surface area contributed by atoms with Gasteiger partial charge in [-0.25, -0.2) is 4.79 Å². The molecule has 0 spiro atoms. The summed E-state index contributed by atoms with van der Waals surface area (Å²) < 4.78 is 4.73. The van der Waals surface area contributed by atoms with Crippen LogP contribution in [0.1, 0.15) is 22.8 Å². The Morgan fingerprint density at radius 2 is 2.33 bits per heavy atom. The van der Waals surface area contributed by atoms with Gasteiger partial charge < -0.3 is 9.84 Å². The van der Waals surface area contributed by atoms with E-state index in [4.69, 9.17) is 21.6 Å². The maximum absolute atomic E-state index is 11.3. The molecule has 0 fully saturated rings. The summed E-state index contributed by atoms with van der Waals surface area (Å²) >= 11 is 5.63. The second-order valence-corrected chi connectivity index (χ2v) is 3.09. The maximum Gasteiger partial charge on any atom is 0.338 e. The number of ether oxygens (including phenoxy) is 1. The number of aromatic hydroxyl groups is 1. The highest BCUT2D eigenvalue weighted by atomic mass is 35.5. The first kappa shape index (κ1) is 11.3. The van der Waals surface area contributed by atoms with E-state index in [1.165, 1.54) is 12.1 Å². The number of hydrogen-bond donors (Lipinski definition) is 1. The highest BCUT2D eigenvalue weighted by Crippen LogP contribution is 2.28. The van der Waals surface area contributed by atoms with Crippen LogP contribution in [0.25, 0.3) is 0 Å². The molecule has 0 amide bonds. The van der Waals surface area contributed by atoms with Gasteiger partial charge in [0.2, 0.25) is 0 Å². The van der Waals surface area contributed by atoms with Crippen molar-refractivity contribution in [3.63, 3.8) is 0 Å². The Morgan fingerprint density at radius 1 is 1.67 bits per heavy atom. The summed E-state index contributed by atoms with van der Waals surface area (Å²) in [4.78, 5) is 11.3. The van der Waals surface area contributed by atoms with E-state index < -0.39 is 5.97 Å². The van der Waals surface area contributed by atoms with Gasteiger partial charge in [0.1, 0.15) is 6.07 Å². The van der Waals surface area contributed by atoms with E-state index in [1.807, 2.05) is 0 Å². The number of phenolic OH excluding ortho intramolecular Hbond substituents is 1. The molecule has 1 aromatic rings. The predicted octanol–water partition coefficient (Wildman–Crippen LogP) is 2.09. The van der Waals surface area contributed by atoms with Gasteiger partial charge in [0, 0.05) is 0 Å². The first-order chi connectivity index (χ1) is 7.10. The van der Waals surface area contributed by atoms with E-state index in [-0.39, 0.29) is 28.5 Å². The lowest BCUT2D eigenvalue weighted by molar-refractivity contribution is 0.0526. The third-order valence-corrected chi connectivity index (χ3v) is 1.98. The molecule has 0 heterocycles. The van der Waals surface area contributed by atoms with Crippen molar-refractivity contribution < 1.29 is 14.6 Å². The number of nitriles is 1. The van der Waals surface area contributed by atoms with Gasteiger partial charge in [-0.1, -0.05) is 11.6 Å². The summed E-state index contributed by atoms with van der Waals surface area (Å²) in [5.41, 5.74) is 0.0988. The average Bonchev–Trinajstić information content (AvgIpc) is 2.22. The van der Waals surface area contributed by atoms with Crippen LogP contribution in [-0.4, -0.2) is 17.7 Å². The Morgan fingerprint density at radius 3 is 2.87 bits per heavy atom. The molecular formula is C10H8ClNO3. The lowest BCUT2D eigenvalue weighted by atomic mass is 10.1. The third kappa shape index (κ3) is 2.39. The van der Waals surface area contributed by atoms with Crippen molar-refractivity contribution in [3.05, 3.63) is 28.3 Å². The summed E-state index contributed by atoms with van der Waals surface area (Å²) in [5, 5.41) is 17.9. The fraction of sp³-hybridized carbons (Fsp3) is 0.200. The number of rotatable bonds is 2. The number of hydrogen-bond acceptors (Lipinski definition) is 4. The summed E-state index contributed by atoms with van der Waals surface area (Å²) in [6.45, 7) is 1.91. The molecule has 4 nitrogen and oxygen atoms in total. The molecule has 0 saturated carbocycles. The average molecular weight is 226 g/mol. The van der Waals surface area contributed by atoms with Crippen molar-refractivity contribution in [1.29, 1.82) is 5.26 Å². The standard InChI is InChI=1S/C10H8ClNO3/c1-2-15-10(14)6-3-7(5-12)9(13)8(11)4-6/h3-4,13H,2H2,1H3. The van der Waals surface area contributed by atoms with Crippen LogP contribution in [0, 0.1) is 11.3 Å². The van der Waals surface area contributed by atoms with Gasteiger partial charge in [-0.3, -0.25) is 0 Å². The lowest BCUT2D eigenvalue weighted by Crippen LogP contribution is -2.04. The molecule has 1 aromatic carbocycles. The third-order valence-electron chi connectivity index (χ3n) is 1.69. The lowest BCUT2D eigenvalue weighted by Gasteiger charge is -2.04. The van der Waals surface area contributed by atoms with Gasteiger partial charge in [0.25, 0.3) is 0 Å². The van der Waals surface area contributed by atoms with Crippen LogP contribution in [0.4, 0.5) is 0 Å². The predicted molar refractivity (Wildman–Crippen MR) is 53.8 cm³/mol. The second kappa shape index (κ2) is 4.67. The van der Waals surface area contributed by atoms with Crippen molar-refractivity contribution in [3.8, 4) is 11.8 Å². The molecule has 1 N–H and O–H groups in total. The van der Waals surface area contributed by atoms with Crippen molar-refractivity contribution in [2.45, 2.75) is 6.92 Å². The number of esters is 1. The Labute approximate surface area is 91.7 Å². The van der Waals surface area contributed by atoms with E-state index in [1.54, 1.807) is 13.0 Å². The van der Waals surface area contributed by atoms with Gasteiger partial charge in [0.15, 0.2) is 5.75 Å². The van der Waals surface area contributed by atoms with Crippen molar-refractivity contribution >= 4 is 17.6 Å². The molecule has 0 aliphatic carbocycles. The van der Waals surface area contributed by atoms with Gasteiger partial charge in [0.05, 0.1) is 22.8 Å². The minimum Gasteiger partial charge on any atom is -0.505 e. The minimum absolute atomic E-state index is 0.0443. The Hall–Kier alpha value is -1.73. The maximum atomic E-state index is 11.3. The highest BCUT2D eigenvalue weighted by Gasteiger charge is 2.13. The zero-order chi connectivity index (χ0) is 11.4. The van der Waals surface area contributed by atoms with Crippen molar-refractivity contribution in [1.82, 2.24) is 0 Å². The zero-order valence-corrected chi connectivity index (χ0v) is 8.71. The molecule has 0 saturated heterocycles. The molecule has 0 unspecified atom stereocenters. The summed E-state index contributed by atoms with van der Waals surface area (Å²) in [6, 6.07) is 4.23. The van der Waals surface area contributed by atoms with Crippen molar-refractivity contribution in [2.24, 2.45) is 0 Å². The van der Waals surface area contributed by atoms with Gasteiger partial charge >= 0.3 is 5.97 Å². The van der Waals surface area contributed by atoms with E-state index in [2.05, 4.69) is 0 Å². The van der Waals surface area contributed by atoms with Crippen LogP contribution in [-0.2, 0) is 4.74 Å². The quantitative estimate of drug-likeness (QED) is 0.783. The topological polar surface area (TPSA) is 70.3 Å². The zero-order valence-electron chi connectivity index (χ0n) is 7.95. The fourth-order valence-corrected chi connectivity index (χ4v) is 1.24. The first-order valence-corrected chi connectivity index (χ1v) is 4.57. The van der Waals surface area contributed by atoms with Crippen LogP contribution in [0.15, 0.2) is 12.1 Å². The highest BCUT2D eigenvalue weighted by molar-refractivity contribution is 6.32. The fourth-order valence-electron chi connectivity index (χ4n) is 1.02. The van der Waals surface area contributed by atoms with Gasteiger partial charge in [-0.2, -0.15) is 5.26 Å². The largest absolute Gasteiger partial charge is 0.505 e. The molecule has 78 valence electrons. The van der Waals surface area contributed by atoms with E-state index >= 15 is 0 Å². The molecule has 0 bridgehead atoms. The van der Waals surface area contributed by atoms with E-state index in [9.17, 15) is 9.90 Å². The van der Waals surface area contributed by atoms with Gasteiger partial charge in [-0.15, -0.1) is 0 Å². The molecule has 15 heavy (non-hydrogen) atoms. The van der Waals surface area contributed by atoms with Crippen LogP contribution < -0.4 is 0 Å². The SMILES string of the molecule is CCOC(=O)c1cc(Cl)c(O)c(C#N)c1. The summed E-state index contributed by atoms with van der Waals surface area (Å²) in [7, 11) is 0. The Balaban J connectivity index is 3.18. The number of halogens is 1. The smallest absolute Gasteiger partial charge is 0.338 e. The number of nitrogens with zero attached hydrogens (tertiary/aromatic N) is 1. The molecule has 5 heteroatoms. The minimum atomic E-state index is -0.573. The monoisotopic (exact) mass is 225 g/mol. The number of benzene rings is 1. The number of phenols is 1. The van der Waals surface area contributed by atoms with Gasteiger partial charge in [-0.05, 0) is 19.1 Å². The van der Waals surface area contributed by atoms with Crippen LogP contribution in [0.2, 0.25) is 5.02 Å². The number of carbonyl (C=O) groups excluding carboxylic acids is 1. The molecular weight excluding hydrogens is 218 g/mol. The van der Waals surface area contributed by atoms with E-state index in [0.717, 1.165) is 0 Å². The molecule has 0 atom stereocenters. The van der Waals surface area contributed by atoms with Crippen molar-refractivity contribution in [2.75, 3.05) is 6.61 Å². The van der Waals surface area contributed by atoms with Crippen LogP contribution in [0.5, 0.6) is 5.75 Å².